The van der Waals surface area contributed by atoms with Gasteiger partial charge in [0, 0.05) is 5.56 Å². The maximum Gasteiger partial charge on any atom is 0.203 e. The molecule has 1 aliphatic rings. The topological polar surface area (TPSA) is 44.8 Å². The van der Waals surface area contributed by atoms with Crippen LogP contribution < -0.4 is 14.2 Å². The molecule has 0 amide bonds. The van der Waals surface area contributed by atoms with Crippen LogP contribution in [-0.2, 0) is 0 Å². The highest BCUT2D eigenvalue weighted by Gasteiger charge is 2.16. The van der Waals surface area contributed by atoms with Crippen LogP contribution in [-0.4, -0.2) is 27.1 Å². The minimum Gasteiger partial charge on any atom is -0.493 e. The summed E-state index contributed by atoms with van der Waals surface area (Å²) in [4.78, 5) is 12.6. The molecule has 0 bridgehead atoms. The van der Waals surface area contributed by atoms with Crippen LogP contribution in [0.2, 0.25) is 0 Å². The van der Waals surface area contributed by atoms with Gasteiger partial charge >= 0.3 is 0 Å². The second-order valence-electron chi connectivity index (χ2n) is 7.11. The molecule has 4 nitrogen and oxygen atoms in total. The molecular formula is C24H28O4. The lowest BCUT2D eigenvalue weighted by Gasteiger charge is -2.21. The van der Waals surface area contributed by atoms with Crippen molar-refractivity contribution in [1.82, 2.24) is 0 Å². The standard InChI is InChI=1S/C24H28O4/c1-26-22-15-17(16-23(27-2)24(22)28-3)9-14-21(25)20-12-10-19(11-13-20)18-7-5-4-6-8-18/h9-16,18H,4-8H2,1-3H3/b14-9+. The van der Waals surface area contributed by atoms with Crippen LogP contribution in [0.5, 0.6) is 17.2 Å². The monoisotopic (exact) mass is 380 g/mol. The molecule has 0 N–H and O–H groups in total. The number of allylic oxidation sites excluding steroid dienone is 1. The number of carbonyl (C=O) groups is 1. The van der Waals surface area contributed by atoms with Gasteiger partial charge in [-0.2, -0.15) is 0 Å². The van der Waals surface area contributed by atoms with Gasteiger partial charge < -0.3 is 14.2 Å². The molecule has 0 aliphatic heterocycles. The Bertz CT molecular complexity index is 805. The molecule has 148 valence electrons. The van der Waals surface area contributed by atoms with Crippen LogP contribution in [0.4, 0.5) is 0 Å². The Morgan fingerprint density at radius 2 is 1.50 bits per heavy atom. The van der Waals surface area contributed by atoms with Crippen LogP contribution in [0, 0.1) is 0 Å². The Hall–Kier alpha value is -2.75. The third-order valence-electron chi connectivity index (χ3n) is 5.39. The molecule has 1 aliphatic carbocycles. The lowest BCUT2D eigenvalue weighted by atomic mass is 9.84. The maximum atomic E-state index is 12.6. The van der Waals surface area contributed by atoms with Crippen LogP contribution >= 0.6 is 0 Å². The van der Waals surface area contributed by atoms with Gasteiger partial charge in [-0.15, -0.1) is 0 Å². The van der Waals surface area contributed by atoms with Crippen LogP contribution in [0.3, 0.4) is 0 Å². The van der Waals surface area contributed by atoms with E-state index in [-0.39, 0.29) is 5.78 Å². The zero-order valence-corrected chi connectivity index (χ0v) is 16.9. The van der Waals surface area contributed by atoms with Crippen molar-refractivity contribution in [3.8, 4) is 17.2 Å². The first-order chi connectivity index (χ1) is 13.7. The highest BCUT2D eigenvalue weighted by molar-refractivity contribution is 6.06. The molecule has 0 heterocycles. The summed E-state index contributed by atoms with van der Waals surface area (Å²) >= 11 is 0. The van der Waals surface area contributed by atoms with Gasteiger partial charge in [-0.25, -0.2) is 0 Å². The summed E-state index contributed by atoms with van der Waals surface area (Å²) < 4.78 is 16.0. The number of methoxy groups -OCH3 is 3. The van der Waals surface area contributed by atoms with Crippen molar-refractivity contribution < 1.29 is 19.0 Å². The van der Waals surface area contributed by atoms with Gasteiger partial charge in [0.15, 0.2) is 17.3 Å². The first kappa shape index (κ1) is 20.0. The van der Waals surface area contributed by atoms with Crippen molar-refractivity contribution in [1.29, 1.82) is 0 Å². The summed E-state index contributed by atoms with van der Waals surface area (Å²) in [5.74, 6) is 2.28. The molecule has 3 rings (SSSR count). The van der Waals surface area contributed by atoms with Crippen LogP contribution in [0.15, 0.2) is 42.5 Å². The van der Waals surface area contributed by atoms with E-state index >= 15 is 0 Å². The van der Waals surface area contributed by atoms with Crippen molar-refractivity contribution in [3.05, 3.63) is 59.2 Å². The third kappa shape index (κ3) is 4.56. The van der Waals surface area contributed by atoms with Gasteiger partial charge in [0.1, 0.15) is 0 Å². The molecule has 0 atom stereocenters. The van der Waals surface area contributed by atoms with Crippen molar-refractivity contribution in [3.63, 3.8) is 0 Å². The zero-order chi connectivity index (χ0) is 19.9. The molecule has 0 radical (unpaired) electrons. The summed E-state index contributed by atoms with van der Waals surface area (Å²) in [6, 6.07) is 11.7. The fourth-order valence-electron chi connectivity index (χ4n) is 3.82. The third-order valence-corrected chi connectivity index (χ3v) is 5.39. The molecular weight excluding hydrogens is 352 g/mol. The summed E-state index contributed by atoms with van der Waals surface area (Å²) in [6.45, 7) is 0. The Morgan fingerprint density at radius 1 is 0.893 bits per heavy atom. The van der Waals surface area contributed by atoms with Crippen molar-refractivity contribution >= 4 is 11.9 Å². The summed E-state index contributed by atoms with van der Waals surface area (Å²) in [7, 11) is 4.71. The Morgan fingerprint density at radius 3 is 2.04 bits per heavy atom. The largest absolute Gasteiger partial charge is 0.493 e. The van der Waals surface area contributed by atoms with E-state index < -0.39 is 0 Å². The van der Waals surface area contributed by atoms with Gasteiger partial charge in [-0.05, 0) is 48.1 Å². The Kier molecular flexibility index (Phi) is 6.75. The minimum atomic E-state index is -0.0241. The number of rotatable bonds is 7. The van der Waals surface area contributed by atoms with E-state index in [1.165, 1.54) is 37.7 Å². The van der Waals surface area contributed by atoms with Gasteiger partial charge in [0.25, 0.3) is 0 Å². The summed E-state index contributed by atoms with van der Waals surface area (Å²) in [6.07, 6.45) is 9.82. The number of ether oxygens (including phenoxy) is 3. The lowest BCUT2D eigenvalue weighted by molar-refractivity contribution is 0.104. The van der Waals surface area contributed by atoms with E-state index in [1.807, 2.05) is 24.3 Å². The van der Waals surface area contributed by atoms with Gasteiger partial charge in [0.05, 0.1) is 21.3 Å². The lowest BCUT2D eigenvalue weighted by Crippen LogP contribution is -2.05. The molecule has 0 unspecified atom stereocenters. The predicted octanol–water partition coefficient (Wildman–Crippen LogP) is 5.66. The molecule has 1 saturated carbocycles. The molecule has 0 spiro atoms. The average Bonchev–Trinajstić information content (AvgIpc) is 2.77. The fraction of sp³-hybridized carbons (Fsp3) is 0.375. The van der Waals surface area contributed by atoms with Crippen LogP contribution in [0.25, 0.3) is 6.08 Å². The van der Waals surface area contributed by atoms with Gasteiger partial charge in [0.2, 0.25) is 5.75 Å². The van der Waals surface area contributed by atoms with E-state index in [4.69, 9.17) is 14.2 Å². The average molecular weight is 380 g/mol. The quantitative estimate of drug-likeness (QED) is 0.459. The van der Waals surface area contributed by atoms with Crippen molar-refractivity contribution in [2.75, 3.05) is 21.3 Å². The Balaban J connectivity index is 1.74. The number of ketones is 1. The first-order valence-corrected chi connectivity index (χ1v) is 9.78. The summed E-state index contributed by atoms with van der Waals surface area (Å²) in [5.41, 5.74) is 2.86. The zero-order valence-electron chi connectivity index (χ0n) is 16.9. The smallest absolute Gasteiger partial charge is 0.203 e. The SMILES string of the molecule is COc1cc(/C=C/C(=O)c2ccc(C3CCCCC3)cc2)cc(OC)c1OC. The van der Waals surface area contributed by atoms with E-state index in [0.717, 1.165) is 5.56 Å². The molecule has 28 heavy (non-hydrogen) atoms. The second kappa shape index (κ2) is 9.45. The highest BCUT2D eigenvalue weighted by atomic mass is 16.5. The minimum absolute atomic E-state index is 0.0241. The summed E-state index contributed by atoms with van der Waals surface area (Å²) in [5, 5.41) is 0. The van der Waals surface area contributed by atoms with E-state index in [9.17, 15) is 4.79 Å². The fourth-order valence-corrected chi connectivity index (χ4v) is 3.82. The number of hydrogen-bond acceptors (Lipinski definition) is 4. The number of hydrogen-bond donors (Lipinski definition) is 0. The first-order valence-electron chi connectivity index (χ1n) is 9.78. The molecule has 0 aromatic heterocycles. The van der Waals surface area contributed by atoms with Crippen molar-refractivity contribution in [2.24, 2.45) is 0 Å². The maximum absolute atomic E-state index is 12.6. The predicted molar refractivity (Wildman–Crippen MR) is 112 cm³/mol. The molecule has 1 fully saturated rings. The molecule has 2 aromatic carbocycles. The molecule has 2 aromatic rings. The molecule has 4 heteroatoms. The number of carbonyl (C=O) groups excluding carboxylic acids is 1. The van der Waals surface area contributed by atoms with E-state index in [0.29, 0.717) is 28.7 Å². The molecule has 0 saturated heterocycles. The second-order valence-corrected chi connectivity index (χ2v) is 7.11. The van der Waals surface area contributed by atoms with Gasteiger partial charge in [-0.1, -0.05) is 49.6 Å². The van der Waals surface area contributed by atoms with Gasteiger partial charge in [-0.3, -0.25) is 4.79 Å². The highest BCUT2D eigenvalue weighted by Crippen LogP contribution is 2.38. The van der Waals surface area contributed by atoms with Crippen molar-refractivity contribution in [2.45, 2.75) is 38.0 Å². The normalized spacial score (nSPS) is 14.8. The Labute approximate surface area is 167 Å². The number of benzene rings is 2. The van der Waals surface area contributed by atoms with E-state index in [2.05, 4.69) is 12.1 Å². The van der Waals surface area contributed by atoms with Crippen LogP contribution in [0.1, 0.15) is 59.5 Å². The van der Waals surface area contributed by atoms with E-state index in [1.54, 1.807) is 33.5 Å².